The van der Waals surface area contributed by atoms with Crippen molar-refractivity contribution in [1.82, 2.24) is 9.88 Å². The molecule has 100 valence electrons. The van der Waals surface area contributed by atoms with Crippen molar-refractivity contribution >= 4 is 22.8 Å². The molecule has 5 nitrogen and oxygen atoms in total. The van der Waals surface area contributed by atoms with Crippen molar-refractivity contribution in [3.63, 3.8) is 0 Å². The number of aryl methyl sites for hydroxylation is 1. The second kappa shape index (κ2) is 5.14. The van der Waals surface area contributed by atoms with Crippen molar-refractivity contribution in [2.45, 2.75) is 26.4 Å². The van der Waals surface area contributed by atoms with E-state index in [1.165, 1.54) is 6.92 Å². The molecule has 1 heterocycles. The predicted octanol–water partition coefficient (Wildman–Crippen LogP) is 1.54. The van der Waals surface area contributed by atoms with Crippen LogP contribution < -0.4 is 5.32 Å². The molecule has 0 saturated carbocycles. The van der Waals surface area contributed by atoms with Crippen molar-refractivity contribution in [2.75, 3.05) is 0 Å². The van der Waals surface area contributed by atoms with Crippen LogP contribution in [-0.2, 0) is 16.1 Å². The zero-order valence-electron chi connectivity index (χ0n) is 10.9. The van der Waals surface area contributed by atoms with Crippen LogP contribution in [0, 0.1) is 6.92 Å². The van der Waals surface area contributed by atoms with Gasteiger partial charge in [0.1, 0.15) is 12.6 Å². The van der Waals surface area contributed by atoms with Gasteiger partial charge in [-0.3, -0.25) is 9.59 Å². The summed E-state index contributed by atoms with van der Waals surface area (Å²) in [4.78, 5) is 22.5. The number of hydrogen-bond donors (Lipinski definition) is 2. The van der Waals surface area contributed by atoms with E-state index in [1.807, 2.05) is 41.8 Å². The third-order valence-electron chi connectivity index (χ3n) is 3.07. The molecule has 0 spiro atoms. The summed E-state index contributed by atoms with van der Waals surface area (Å²) in [7, 11) is 0. The average Bonchev–Trinajstić information content (AvgIpc) is 2.66. The molecule has 0 aliphatic rings. The number of nitrogens with one attached hydrogen (secondary N) is 1. The van der Waals surface area contributed by atoms with Crippen molar-refractivity contribution in [2.24, 2.45) is 0 Å². The number of carbonyl (C=O) groups excluding carboxylic acids is 1. The number of fused-ring (bicyclic) bond motifs is 1. The fourth-order valence-electron chi connectivity index (χ4n) is 2.05. The van der Waals surface area contributed by atoms with Gasteiger partial charge >= 0.3 is 5.97 Å². The molecule has 1 amide bonds. The van der Waals surface area contributed by atoms with Gasteiger partial charge in [0.05, 0.1) is 0 Å². The summed E-state index contributed by atoms with van der Waals surface area (Å²) < 4.78 is 1.87. The highest BCUT2D eigenvalue weighted by molar-refractivity contribution is 5.86. The number of aliphatic carboxylic acids is 1. The van der Waals surface area contributed by atoms with Gasteiger partial charge in [-0.05, 0) is 31.4 Å². The second-order valence-corrected chi connectivity index (χ2v) is 4.56. The molecule has 2 aromatic rings. The normalized spacial score (nSPS) is 12.3. The minimum Gasteiger partial charge on any atom is -0.480 e. The fourth-order valence-corrected chi connectivity index (χ4v) is 2.05. The number of benzene rings is 1. The molecule has 1 aromatic carbocycles. The van der Waals surface area contributed by atoms with Crippen molar-refractivity contribution in [3.05, 3.63) is 36.0 Å². The Bertz CT molecular complexity index is 631. The van der Waals surface area contributed by atoms with Crippen LogP contribution in [0.3, 0.4) is 0 Å². The van der Waals surface area contributed by atoms with Crippen LogP contribution in [0.15, 0.2) is 30.3 Å². The van der Waals surface area contributed by atoms with Gasteiger partial charge < -0.3 is 15.0 Å². The Morgan fingerprint density at radius 1 is 1.37 bits per heavy atom. The molecular formula is C14H16N2O3. The van der Waals surface area contributed by atoms with Crippen molar-refractivity contribution in [3.8, 4) is 0 Å². The first kappa shape index (κ1) is 13.1. The number of rotatable bonds is 4. The summed E-state index contributed by atoms with van der Waals surface area (Å²) in [6.07, 6.45) is 0. The molecule has 0 unspecified atom stereocenters. The van der Waals surface area contributed by atoms with Crippen LogP contribution in [0.25, 0.3) is 10.9 Å². The highest BCUT2D eigenvalue weighted by Gasteiger charge is 2.15. The summed E-state index contributed by atoms with van der Waals surface area (Å²) in [5.74, 6) is -1.35. The van der Waals surface area contributed by atoms with Gasteiger partial charge in [-0.15, -0.1) is 0 Å². The highest BCUT2D eigenvalue weighted by Crippen LogP contribution is 2.18. The first-order valence-electron chi connectivity index (χ1n) is 6.06. The molecule has 0 radical (unpaired) electrons. The van der Waals surface area contributed by atoms with Gasteiger partial charge in [-0.25, -0.2) is 0 Å². The van der Waals surface area contributed by atoms with Gasteiger partial charge in [-0.1, -0.05) is 18.2 Å². The molecule has 0 saturated heterocycles. The highest BCUT2D eigenvalue weighted by atomic mass is 16.4. The zero-order chi connectivity index (χ0) is 14.0. The quantitative estimate of drug-likeness (QED) is 0.876. The number of aromatic nitrogens is 1. The molecule has 0 fully saturated rings. The van der Waals surface area contributed by atoms with E-state index < -0.39 is 12.0 Å². The Labute approximate surface area is 110 Å². The van der Waals surface area contributed by atoms with E-state index in [1.54, 1.807) is 0 Å². The molecule has 1 atom stereocenters. The minimum atomic E-state index is -1.04. The van der Waals surface area contributed by atoms with Crippen LogP contribution in [0.2, 0.25) is 0 Å². The van der Waals surface area contributed by atoms with E-state index in [0.717, 1.165) is 16.6 Å². The van der Waals surface area contributed by atoms with Crippen molar-refractivity contribution in [1.29, 1.82) is 0 Å². The van der Waals surface area contributed by atoms with E-state index in [0.29, 0.717) is 0 Å². The van der Waals surface area contributed by atoms with Crippen LogP contribution in [-0.4, -0.2) is 27.6 Å². The Balaban J connectivity index is 2.19. The SMILES string of the molecule is Cc1cc2ccccc2n1CC(=O)N[C@@H](C)C(=O)O. The summed E-state index contributed by atoms with van der Waals surface area (Å²) in [6, 6.07) is 8.90. The topological polar surface area (TPSA) is 71.3 Å². The number of para-hydroxylation sites is 1. The minimum absolute atomic E-state index is 0.122. The molecule has 0 bridgehead atoms. The molecule has 0 aliphatic carbocycles. The van der Waals surface area contributed by atoms with Gasteiger partial charge in [0.15, 0.2) is 0 Å². The number of amides is 1. The lowest BCUT2D eigenvalue weighted by Crippen LogP contribution is -2.40. The zero-order valence-corrected chi connectivity index (χ0v) is 10.9. The van der Waals surface area contributed by atoms with Crippen LogP contribution in [0.5, 0.6) is 0 Å². The summed E-state index contributed by atoms with van der Waals surface area (Å²) in [6.45, 7) is 3.49. The monoisotopic (exact) mass is 260 g/mol. The Hall–Kier alpha value is -2.30. The van der Waals surface area contributed by atoms with Crippen LogP contribution in [0.1, 0.15) is 12.6 Å². The lowest BCUT2D eigenvalue weighted by molar-refractivity contribution is -0.141. The van der Waals surface area contributed by atoms with E-state index in [-0.39, 0.29) is 12.5 Å². The fraction of sp³-hybridized carbons (Fsp3) is 0.286. The molecular weight excluding hydrogens is 244 g/mol. The maximum absolute atomic E-state index is 11.8. The predicted molar refractivity (Wildman–Crippen MR) is 71.9 cm³/mol. The Kier molecular flexibility index (Phi) is 3.55. The standard InChI is InChI=1S/C14H16N2O3/c1-9-7-11-5-3-4-6-12(11)16(9)8-13(17)15-10(2)14(18)19/h3-7,10H,8H2,1-2H3,(H,15,17)(H,18,19)/t10-/m0/s1. The molecule has 2 N–H and O–H groups in total. The van der Waals surface area contributed by atoms with E-state index in [9.17, 15) is 9.59 Å². The molecule has 1 aromatic heterocycles. The first-order chi connectivity index (χ1) is 8.99. The molecule has 19 heavy (non-hydrogen) atoms. The number of carboxylic acids is 1. The van der Waals surface area contributed by atoms with E-state index in [4.69, 9.17) is 5.11 Å². The molecule has 0 aliphatic heterocycles. The van der Waals surface area contributed by atoms with Gasteiger partial charge in [-0.2, -0.15) is 0 Å². The summed E-state index contributed by atoms with van der Waals surface area (Å²) in [5, 5.41) is 12.3. The third-order valence-corrected chi connectivity index (χ3v) is 3.07. The van der Waals surface area contributed by atoms with E-state index >= 15 is 0 Å². The second-order valence-electron chi connectivity index (χ2n) is 4.56. The number of carboxylic acid groups (broad SMARTS) is 1. The van der Waals surface area contributed by atoms with Crippen molar-refractivity contribution < 1.29 is 14.7 Å². The third kappa shape index (κ3) is 2.76. The van der Waals surface area contributed by atoms with Gasteiger partial charge in [0, 0.05) is 11.2 Å². The number of nitrogens with zero attached hydrogens (tertiary/aromatic N) is 1. The Morgan fingerprint density at radius 3 is 2.74 bits per heavy atom. The summed E-state index contributed by atoms with van der Waals surface area (Å²) >= 11 is 0. The largest absolute Gasteiger partial charge is 0.480 e. The summed E-state index contributed by atoms with van der Waals surface area (Å²) in [5.41, 5.74) is 1.94. The number of carbonyl (C=O) groups is 2. The van der Waals surface area contributed by atoms with Crippen LogP contribution in [0.4, 0.5) is 0 Å². The Morgan fingerprint density at radius 2 is 2.05 bits per heavy atom. The smallest absolute Gasteiger partial charge is 0.325 e. The molecule has 5 heteroatoms. The molecule has 2 rings (SSSR count). The van der Waals surface area contributed by atoms with Gasteiger partial charge in [0.25, 0.3) is 0 Å². The first-order valence-corrected chi connectivity index (χ1v) is 6.06. The van der Waals surface area contributed by atoms with Crippen LogP contribution >= 0.6 is 0 Å². The maximum atomic E-state index is 11.8. The van der Waals surface area contributed by atoms with Gasteiger partial charge in [0.2, 0.25) is 5.91 Å². The lowest BCUT2D eigenvalue weighted by Gasteiger charge is -2.11. The average molecular weight is 260 g/mol. The maximum Gasteiger partial charge on any atom is 0.325 e. The lowest BCUT2D eigenvalue weighted by atomic mass is 10.2. The van der Waals surface area contributed by atoms with E-state index in [2.05, 4.69) is 5.32 Å². The number of hydrogen-bond acceptors (Lipinski definition) is 2.